The first-order chi connectivity index (χ1) is 9.13. The van der Waals surface area contributed by atoms with Crippen LogP contribution in [-0.2, 0) is 6.54 Å². The molecular formula is C16H24N2O. The number of ether oxygens (including phenoxy) is 1. The Balaban J connectivity index is 2.41. The molecule has 0 aliphatic carbocycles. The van der Waals surface area contributed by atoms with Crippen LogP contribution in [-0.4, -0.2) is 12.6 Å². The van der Waals surface area contributed by atoms with Crippen LogP contribution in [0.25, 0.3) is 0 Å². The van der Waals surface area contributed by atoms with Crippen LogP contribution in [0, 0.1) is 17.2 Å². The lowest BCUT2D eigenvalue weighted by molar-refractivity contribution is 0.312. The summed E-state index contributed by atoms with van der Waals surface area (Å²) in [4.78, 5) is 0. The van der Waals surface area contributed by atoms with Crippen LogP contribution in [0.4, 0.5) is 0 Å². The number of nitrogens with one attached hydrogen (secondary N) is 1. The smallest absolute Gasteiger partial charge is 0.119 e. The van der Waals surface area contributed by atoms with E-state index in [-0.39, 0.29) is 0 Å². The highest BCUT2D eigenvalue weighted by molar-refractivity contribution is 5.28. The maximum Gasteiger partial charge on any atom is 0.119 e. The van der Waals surface area contributed by atoms with E-state index in [1.54, 1.807) is 0 Å². The van der Waals surface area contributed by atoms with E-state index in [4.69, 9.17) is 10.00 Å². The van der Waals surface area contributed by atoms with Crippen LogP contribution >= 0.6 is 0 Å². The molecule has 0 spiro atoms. The molecular weight excluding hydrogens is 236 g/mol. The van der Waals surface area contributed by atoms with Crippen molar-refractivity contribution in [2.45, 2.75) is 46.2 Å². The summed E-state index contributed by atoms with van der Waals surface area (Å²) in [6, 6.07) is 10.8. The molecule has 1 N–H and O–H groups in total. The van der Waals surface area contributed by atoms with E-state index in [9.17, 15) is 0 Å². The van der Waals surface area contributed by atoms with Gasteiger partial charge < -0.3 is 10.1 Å². The van der Waals surface area contributed by atoms with Crippen LogP contribution in [0.3, 0.4) is 0 Å². The van der Waals surface area contributed by atoms with E-state index in [0.29, 0.717) is 25.0 Å². The Morgan fingerprint density at radius 3 is 2.79 bits per heavy atom. The SMILES string of the molecule is CC(C)C(C)NCc1cccc(OCCCC#N)c1. The van der Waals surface area contributed by atoms with Gasteiger partial charge in [0.2, 0.25) is 0 Å². The molecule has 1 aromatic carbocycles. The van der Waals surface area contributed by atoms with Gasteiger partial charge in [0.25, 0.3) is 0 Å². The minimum Gasteiger partial charge on any atom is -0.494 e. The molecule has 0 radical (unpaired) electrons. The second kappa shape index (κ2) is 8.55. The minimum absolute atomic E-state index is 0.500. The molecule has 1 unspecified atom stereocenters. The van der Waals surface area contributed by atoms with Crippen molar-refractivity contribution in [3.05, 3.63) is 29.8 Å². The lowest BCUT2D eigenvalue weighted by atomic mass is 10.1. The predicted molar refractivity (Wildman–Crippen MR) is 77.9 cm³/mol. The standard InChI is InChI=1S/C16H24N2O/c1-13(2)14(3)18-12-15-7-6-8-16(11-15)19-10-5-4-9-17/h6-8,11,13-14,18H,4-5,10,12H2,1-3H3. The fourth-order valence-corrected chi connectivity index (χ4v) is 1.60. The first-order valence-electron chi connectivity index (χ1n) is 6.95. The van der Waals surface area contributed by atoms with Crippen molar-refractivity contribution in [2.75, 3.05) is 6.61 Å². The summed E-state index contributed by atoms with van der Waals surface area (Å²) < 4.78 is 5.62. The molecule has 0 bridgehead atoms. The molecule has 0 amide bonds. The molecule has 104 valence electrons. The van der Waals surface area contributed by atoms with E-state index >= 15 is 0 Å². The fraction of sp³-hybridized carbons (Fsp3) is 0.562. The van der Waals surface area contributed by atoms with Crippen LogP contribution in [0.5, 0.6) is 5.75 Å². The van der Waals surface area contributed by atoms with Gasteiger partial charge in [0.15, 0.2) is 0 Å². The molecule has 0 saturated heterocycles. The Labute approximate surface area is 116 Å². The van der Waals surface area contributed by atoms with Crippen molar-refractivity contribution in [3.63, 3.8) is 0 Å². The normalized spacial score (nSPS) is 12.2. The Hall–Kier alpha value is -1.53. The molecule has 19 heavy (non-hydrogen) atoms. The zero-order valence-corrected chi connectivity index (χ0v) is 12.1. The summed E-state index contributed by atoms with van der Waals surface area (Å²) in [5, 5.41) is 12.0. The Kier molecular flexibility index (Phi) is 6.99. The van der Waals surface area contributed by atoms with Crippen LogP contribution in [0.1, 0.15) is 39.2 Å². The third-order valence-corrected chi connectivity index (χ3v) is 3.23. The maximum absolute atomic E-state index is 8.46. The lowest BCUT2D eigenvalue weighted by Crippen LogP contribution is -2.30. The van der Waals surface area contributed by atoms with Gasteiger partial charge in [-0.05, 0) is 37.0 Å². The first kappa shape index (κ1) is 15.5. The number of rotatable bonds is 8. The summed E-state index contributed by atoms with van der Waals surface area (Å²) >= 11 is 0. The Bertz CT molecular complexity index is 409. The molecule has 0 aliphatic rings. The van der Waals surface area contributed by atoms with Gasteiger partial charge in [0.05, 0.1) is 12.7 Å². The molecule has 1 rings (SSSR count). The zero-order valence-electron chi connectivity index (χ0n) is 12.1. The van der Waals surface area contributed by atoms with Gasteiger partial charge >= 0.3 is 0 Å². The van der Waals surface area contributed by atoms with Gasteiger partial charge in [-0.1, -0.05) is 26.0 Å². The molecule has 3 nitrogen and oxygen atoms in total. The van der Waals surface area contributed by atoms with Crippen LogP contribution in [0.2, 0.25) is 0 Å². The quantitative estimate of drug-likeness (QED) is 0.728. The molecule has 0 heterocycles. The zero-order chi connectivity index (χ0) is 14.1. The monoisotopic (exact) mass is 260 g/mol. The summed E-state index contributed by atoms with van der Waals surface area (Å²) in [5.74, 6) is 1.51. The number of hydrogen-bond acceptors (Lipinski definition) is 3. The van der Waals surface area contributed by atoms with Crippen molar-refractivity contribution in [1.82, 2.24) is 5.32 Å². The largest absolute Gasteiger partial charge is 0.494 e. The van der Waals surface area contributed by atoms with Crippen molar-refractivity contribution in [3.8, 4) is 11.8 Å². The fourth-order valence-electron chi connectivity index (χ4n) is 1.60. The van der Waals surface area contributed by atoms with Crippen molar-refractivity contribution >= 4 is 0 Å². The van der Waals surface area contributed by atoms with Gasteiger partial charge in [0, 0.05) is 19.0 Å². The van der Waals surface area contributed by atoms with Crippen LogP contribution in [0.15, 0.2) is 24.3 Å². The summed E-state index contributed by atoms with van der Waals surface area (Å²) in [6.07, 6.45) is 1.33. The second-order valence-corrected chi connectivity index (χ2v) is 5.17. The Morgan fingerprint density at radius 2 is 2.11 bits per heavy atom. The third-order valence-electron chi connectivity index (χ3n) is 3.23. The van der Waals surface area contributed by atoms with Gasteiger partial charge in [-0.25, -0.2) is 0 Å². The number of unbranched alkanes of at least 4 members (excludes halogenated alkanes) is 1. The first-order valence-corrected chi connectivity index (χ1v) is 6.95. The molecule has 1 aromatic rings. The summed E-state index contributed by atoms with van der Waals surface area (Å²) in [7, 11) is 0. The highest BCUT2D eigenvalue weighted by Crippen LogP contribution is 2.14. The number of nitrogens with zero attached hydrogens (tertiary/aromatic N) is 1. The van der Waals surface area contributed by atoms with Gasteiger partial charge in [-0.2, -0.15) is 5.26 Å². The summed E-state index contributed by atoms with van der Waals surface area (Å²) in [5.41, 5.74) is 1.23. The van der Waals surface area contributed by atoms with Crippen molar-refractivity contribution < 1.29 is 4.74 Å². The number of nitriles is 1. The average molecular weight is 260 g/mol. The molecule has 1 atom stereocenters. The Morgan fingerprint density at radius 1 is 1.32 bits per heavy atom. The minimum atomic E-state index is 0.500. The van der Waals surface area contributed by atoms with Gasteiger partial charge in [0.1, 0.15) is 5.75 Å². The number of benzene rings is 1. The third kappa shape index (κ3) is 6.26. The number of hydrogen-bond donors (Lipinski definition) is 1. The van der Waals surface area contributed by atoms with Crippen molar-refractivity contribution in [1.29, 1.82) is 5.26 Å². The van der Waals surface area contributed by atoms with E-state index in [1.165, 1.54) is 5.56 Å². The molecule has 0 aromatic heterocycles. The highest BCUT2D eigenvalue weighted by Gasteiger charge is 2.06. The average Bonchev–Trinajstić information content (AvgIpc) is 2.41. The molecule has 0 saturated carbocycles. The van der Waals surface area contributed by atoms with E-state index < -0.39 is 0 Å². The molecule has 0 aliphatic heterocycles. The van der Waals surface area contributed by atoms with E-state index in [1.807, 2.05) is 12.1 Å². The summed E-state index contributed by atoms with van der Waals surface area (Å²) in [6.45, 7) is 8.09. The van der Waals surface area contributed by atoms with Crippen molar-refractivity contribution in [2.24, 2.45) is 5.92 Å². The van der Waals surface area contributed by atoms with E-state index in [2.05, 4.69) is 44.3 Å². The topological polar surface area (TPSA) is 45.0 Å². The highest BCUT2D eigenvalue weighted by atomic mass is 16.5. The predicted octanol–water partition coefficient (Wildman–Crippen LogP) is 3.50. The van der Waals surface area contributed by atoms with Gasteiger partial charge in [-0.3, -0.25) is 0 Å². The van der Waals surface area contributed by atoms with Crippen LogP contribution < -0.4 is 10.1 Å². The van der Waals surface area contributed by atoms with Gasteiger partial charge in [-0.15, -0.1) is 0 Å². The second-order valence-electron chi connectivity index (χ2n) is 5.17. The molecule has 0 fully saturated rings. The van der Waals surface area contributed by atoms with E-state index in [0.717, 1.165) is 18.7 Å². The molecule has 3 heteroatoms. The lowest BCUT2D eigenvalue weighted by Gasteiger charge is -2.17. The maximum atomic E-state index is 8.46.